The molecule has 0 bridgehead atoms. The van der Waals surface area contributed by atoms with Crippen LogP contribution in [0.15, 0.2) is 18.2 Å². The van der Waals surface area contributed by atoms with Gasteiger partial charge in [0.1, 0.15) is 5.82 Å². The molecule has 1 saturated carbocycles. The summed E-state index contributed by atoms with van der Waals surface area (Å²) in [7, 11) is 0. The summed E-state index contributed by atoms with van der Waals surface area (Å²) in [5, 5.41) is 0.575. The van der Waals surface area contributed by atoms with Crippen LogP contribution in [0.2, 0.25) is 5.02 Å². The van der Waals surface area contributed by atoms with Crippen molar-refractivity contribution in [3.8, 4) is 0 Å². The molecule has 1 fully saturated rings. The molecule has 1 unspecified atom stereocenters. The van der Waals surface area contributed by atoms with E-state index in [1.54, 1.807) is 12.1 Å². The molecular formula is C17H26ClFN2. The average Bonchev–Trinajstić information content (AvgIpc) is 2.48. The van der Waals surface area contributed by atoms with Crippen LogP contribution in [0.4, 0.5) is 4.39 Å². The number of nitrogens with one attached hydrogen (secondary N) is 1. The maximum absolute atomic E-state index is 13.9. The first-order valence-electron chi connectivity index (χ1n) is 7.91. The van der Waals surface area contributed by atoms with E-state index in [4.69, 9.17) is 17.4 Å². The number of hydrazine groups is 1. The Labute approximate surface area is 132 Å². The van der Waals surface area contributed by atoms with Crippen LogP contribution < -0.4 is 11.3 Å². The predicted molar refractivity (Wildman–Crippen MR) is 86.5 cm³/mol. The molecule has 0 aromatic heterocycles. The van der Waals surface area contributed by atoms with Crippen molar-refractivity contribution >= 4 is 11.6 Å². The molecule has 1 atom stereocenters. The van der Waals surface area contributed by atoms with Gasteiger partial charge in [0.05, 0.1) is 0 Å². The van der Waals surface area contributed by atoms with Gasteiger partial charge in [-0.25, -0.2) is 4.39 Å². The van der Waals surface area contributed by atoms with Crippen LogP contribution in [-0.4, -0.2) is 6.04 Å². The Bertz CT molecular complexity index is 456. The highest BCUT2D eigenvalue weighted by Crippen LogP contribution is 2.35. The third-order valence-electron chi connectivity index (χ3n) is 4.99. The normalized spacial score (nSPS) is 24.3. The summed E-state index contributed by atoms with van der Waals surface area (Å²) in [5.41, 5.74) is 3.55. The second kappa shape index (κ2) is 7.57. The lowest BCUT2D eigenvalue weighted by molar-refractivity contribution is 0.187. The van der Waals surface area contributed by atoms with E-state index in [-0.39, 0.29) is 11.9 Å². The first kappa shape index (κ1) is 16.7. The van der Waals surface area contributed by atoms with Gasteiger partial charge in [-0.15, -0.1) is 0 Å². The van der Waals surface area contributed by atoms with Crippen molar-refractivity contribution in [2.45, 2.75) is 52.0 Å². The lowest BCUT2D eigenvalue weighted by atomic mass is 9.74. The van der Waals surface area contributed by atoms with Gasteiger partial charge < -0.3 is 0 Å². The summed E-state index contributed by atoms with van der Waals surface area (Å²) in [6, 6.07) is 4.84. The first-order chi connectivity index (χ1) is 10.0. The second-order valence-corrected chi connectivity index (χ2v) is 7.07. The molecule has 0 amide bonds. The quantitative estimate of drug-likeness (QED) is 0.628. The molecule has 21 heavy (non-hydrogen) atoms. The lowest BCUT2D eigenvalue weighted by Crippen LogP contribution is -2.44. The average molecular weight is 313 g/mol. The van der Waals surface area contributed by atoms with Crippen LogP contribution in [0.3, 0.4) is 0 Å². The molecule has 0 spiro atoms. The molecule has 3 N–H and O–H groups in total. The van der Waals surface area contributed by atoms with Crippen LogP contribution in [0.25, 0.3) is 0 Å². The summed E-state index contributed by atoms with van der Waals surface area (Å²) >= 11 is 5.96. The van der Waals surface area contributed by atoms with E-state index in [2.05, 4.69) is 19.3 Å². The van der Waals surface area contributed by atoms with Gasteiger partial charge in [-0.3, -0.25) is 11.3 Å². The van der Waals surface area contributed by atoms with Crippen LogP contribution in [-0.2, 0) is 6.42 Å². The minimum atomic E-state index is -0.199. The number of nitrogens with two attached hydrogens (primary N) is 1. The van der Waals surface area contributed by atoms with Crippen molar-refractivity contribution in [3.63, 3.8) is 0 Å². The Morgan fingerprint density at radius 2 is 1.86 bits per heavy atom. The highest BCUT2D eigenvalue weighted by molar-refractivity contribution is 6.30. The number of rotatable bonds is 5. The highest BCUT2D eigenvalue weighted by Gasteiger charge is 2.28. The number of halogens is 2. The van der Waals surface area contributed by atoms with E-state index in [0.717, 1.165) is 11.8 Å². The molecule has 0 radical (unpaired) electrons. The molecule has 2 nitrogen and oxygen atoms in total. The van der Waals surface area contributed by atoms with Crippen molar-refractivity contribution in [2.75, 3.05) is 0 Å². The third-order valence-corrected chi connectivity index (χ3v) is 5.23. The molecule has 0 saturated heterocycles. The van der Waals surface area contributed by atoms with E-state index in [1.165, 1.54) is 31.7 Å². The summed E-state index contributed by atoms with van der Waals surface area (Å²) in [4.78, 5) is 0. The van der Waals surface area contributed by atoms with Gasteiger partial charge in [-0.1, -0.05) is 25.4 Å². The predicted octanol–water partition coefficient (Wildman–Crippen LogP) is 4.32. The Morgan fingerprint density at radius 1 is 1.24 bits per heavy atom. The summed E-state index contributed by atoms with van der Waals surface area (Å²) in [6.07, 6.45) is 5.43. The van der Waals surface area contributed by atoms with Crippen molar-refractivity contribution < 1.29 is 4.39 Å². The first-order valence-corrected chi connectivity index (χ1v) is 8.29. The van der Waals surface area contributed by atoms with Gasteiger partial charge in [0.25, 0.3) is 0 Å². The van der Waals surface area contributed by atoms with Gasteiger partial charge >= 0.3 is 0 Å². The van der Waals surface area contributed by atoms with E-state index >= 15 is 0 Å². The molecule has 0 heterocycles. The summed E-state index contributed by atoms with van der Waals surface area (Å²) in [6.45, 7) is 4.59. The van der Waals surface area contributed by atoms with Gasteiger partial charge in [0.2, 0.25) is 0 Å². The van der Waals surface area contributed by atoms with Crippen LogP contribution >= 0.6 is 11.6 Å². The van der Waals surface area contributed by atoms with Crippen molar-refractivity contribution in [2.24, 2.45) is 23.6 Å². The molecule has 1 aromatic rings. The molecule has 1 aromatic carbocycles. The zero-order valence-electron chi connectivity index (χ0n) is 12.9. The van der Waals surface area contributed by atoms with E-state index in [1.807, 2.05) is 0 Å². The Balaban J connectivity index is 1.99. The second-order valence-electron chi connectivity index (χ2n) is 6.63. The summed E-state index contributed by atoms with van der Waals surface area (Å²) in [5.74, 6) is 7.62. The fourth-order valence-electron chi connectivity index (χ4n) is 3.51. The molecule has 1 aliphatic rings. The molecular weight excluding hydrogens is 287 g/mol. The van der Waals surface area contributed by atoms with Gasteiger partial charge in [-0.2, -0.15) is 0 Å². The fourth-order valence-corrected chi connectivity index (χ4v) is 3.71. The minimum Gasteiger partial charge on any atom is -0.271 e. The third kappa shape index (κ3) is 4.41. The SMILES string of the molecule is CC(C)C1CCC(C(Cc2cc(Cl)ccc2F)NN)CC1. The topological polar surface area (TPSA) is 38.0 Å². The zero-order chi connectivity index (χ0) is 15.4. The van der Waals surface area contributed by atoms with Gasteiger partial charge in [0.15, 0.2) is 0 Å². The standard InChI is InChI=1S/C17H26ClFN2/c1-11(2)12-3-5-13(6-4-12)17(21-20)10-14-9-15(18)7-8-16(14)19/h7-9,11-13,17,21H,3-6,10,20H2,1-2H3. The van der Waals surface area contributed by atoms with Crippen molar-refractivity contribution in [3.05, 3.63) is 34.6 Å². The summed E-state index contributed by atoms with van der Waals surface area (Å²) < 4.78 is 13.9. The maximum atomic E-state index is 13.9. The lowest BCUT2D eigenvalue weighted by Gasteiger charge is -2.35. The Kier molecular flexibility index (Phi) is 6.03. The number of hydrogen-bond acceptors (Lipinski definition) is 2. The highest BCUT2D eigenvalue weighted by atomic mass is 35.5. The van der Waals surface area contributed by atoms with Crippen LogP contribution in [0, 0.1) is 23.6 Å². The van der Waals surface area contributed by atoms with Crippen molar-refractivity contribution in [1.29, 1.82) is 0 Å². The van der Waals surface area contributed by atoms with Gasteiger partial charge in [0, 0.05) is 11.1 Å². The monoisotopic (exact) mass is 312 g/mol. The fraction of sp³-hybridized carbons (Fsp3) is 0.647. The molecule has 4 heteroatoms. The molecule has 2 rings (SSSR count). The number of hydrogen-bond donors (Lipinski definition) is 2. The zero-order valence-corrected chi connectivity index (χ0v) is 13.7. The largest absolute Gasteiger partial charge is 0.271 e. The smallest absolute Gasteiger partial charge is 0.126 e. The van der Waals surface area contributed by atoms with E-state index < -0.39 is 0 Å². The molecule has 118 valence electrons. The molecule has 1 aliphatic carbocycles. The maximum Gasteiger partial charge on any atom is 0.126 e. The number of benzene rings is 1. The molecule has 0 aliphatic heterocycles. The van der Waals surface area contributed by atoms with E-state index in [0.29, 0.717) is 22.9 Å². The van der Waals surface area contributed by atoms with E-state index in [9.17, 15) is 4.39 Å². The minimum absolute atomic E-state index is 0.117. The Morgan fingerprint density at radius 3 is 2.43 bits per heavy atom. The van der Waals surface area contributed by atoms with Crippen LogP contribution in [0.5, 0.6) is 0 Å². The Hall–Kier alpha value is -0.640. The van der Waals surface area contributed by atoms with Crippen molar-refractivity contribution in [1.82, 2.24) is 5.43 Å². The van der Waals surface area contributed by atoms with Gasteiger partial charge in [-0.05, 0) is 73.6 Å². The van der Waals surface area contributed by atoms with Crippen LogP contribution in [0.1, 0.15) is 45.1 Å².